The Bertz CT molecular complexity index is 819. The van der Waals surface area contributed by atoms with Gasteiger partial charge in [0.05, 0.1) is 0 Å². The van der Waals surface area contributed by atoms with E-state index in [9.17, 15) is 0 Å². The van der Waals surface area contributed by atoms with Gasteiger partial charge in [0.2, 0.25) is 0 Å². The van der Waals surface area contributed by atoms with Crippen molar-refractivity contribution in [3.8, 4) is 11.1 Å². The van der Waals surface area contributed by atoms with Crippen molar-refractivity contribution in [3.05, 3.63) is 84.9 Å². The van der Waals surface area contributed by atoms with Crippen molar-refractivity contribution in [2.24, 2.45) is 0 Å². The van der Waals surface area contributed by atoms with Crippen LogP contribution in [0.1, 0.15) is 12.5 Å². The van der Waals surface area contributed by atoms with Crippen molar-refractivity contribution in [1.82, 2.24) is 5.32 Å². The summed E-state index contributed by atoms with van der Waals surface area (Å²) in [7, 11) is 0. The van der Waals surface area contributed by atoms with E-state index in [0.717, 1.165) is 0 Å². The quantitative estimate of drug-likeness (QED) is 0.500. The summed E-state index contributed by atoms with van der Waals surface area (Å²) in [5, 5.41) is 5.76. The highest BCUT2D eigenvalue weighted by Crippen LogP contribution is 2.24. The van der Waals surface area contributed by atoms with Crippen molar-refractivity contribution in [1.29, 1.82) is 0 Å². The van der Waals surface area contributed by atoms with Gasteiger partial charge in [-0.25, -0.2) is 0 Å². The molecule has 1 nitrogen and oxygen atoms in total. The Balaban J connectivity index is 0.000000220. The van der Waals surface area contributed by atoms with Gasteiger partial charge in [0.1, 0.15) is 0 Å². The number of rotatable bonds is 2. The van der Waals surface area contributed by atoms with E-state index in [1.807, 2.05) is 6.08 Å². The Morgan fingerprint density at radius 1 is 0.870 bits per heavy atom. The monoisotopic (exact) mass is 301 g/mol. The average molecular weight is 301 g/mol. The summed E-state index contributed by atoms with van der Waals surface area (Å²) in [6.45, 7) is 7.89. The Kier molecular flexibility index (Phi) is 4.59. The maximum Gasteiger partial charge on any atom is 0.0402 e. The van der Waals surface area contributed by atoms with E-state index >= 15 is 0 Å². The summed E-state index contributed by atoms with van der Waals surface area (Å²) in [5.41, 5.74) is 3.87. The topological polar surface area (TPSA) is 21.9 Å². The summed E-state index contributed by atoms with van der Waals surface area (Å²) in [4.78, 5) is 0. The fourth-order valence-electron chi connectivity index (χ4n) is 2.71. The van der Waals surface area contributed by atoms with E-state index in [-0.39, 0.29) is 0 Å². The van der Waals surface area contributed by atoms with Crippen LogP contribution in [0.15, 0.2) is 79.4 Å². The molecule has 0 aliphatic carbocycles. The van der Waals surface area contributed by atoms with E-state index in [2.05, 4.69) is 92.5 Å². The predicted molar refractivity (Wildman–Crippen MR) is 101 cm³/mol. The predicted octanol–water partition coefficient (Wildman–Crippen LogP) is 5.35. The van der Waals surface area contributed by atoms with Gasteiger partial charge in [-0.05, 0) is 41.8 Å². The van der Waals surface area contributed by atoms with Gasteiger partial charge in [-0.3, -0.25) is 0 Å². The van der Waals surface area contributed by atoms with Crippen LogP contribution in [0, 0.1) is 6.92 Å². The van der Waals surface area contributed by atoms with Gasteiger partial charge < -0.3 is 5.32 Å². The summed E-state index contributed by atoms with van der Waals surface area (Å²) >= 11 is 0. The third kappa shape index (κ3) is 3.88. The van der Waals surface area contributed by atoms with Crippen molar-refractivity contribution < 1.29 is 0 Å². The van der Waals surface area contributed by atoms with E-state index in [1.54, 1.807) is 0 Å². The molecule has 0 aromatic heterocycles. The first-order chi connectivity index (χ1) is 11.2. The minimum atomic E-state index is 0.616. The lowest BCUT2D eigenvalue weighted by atomic mass is 10.0. The number of benzene rings is 3. The SMILES string of the molecule is C=CC1NC1C.Cc1cccc(-c2ccc3ccccc3c2)c1. The van der Waals surface area contributed by atoms with Crippen LogP contribution < -0.4 is 5.32 Å². The molecule has 116 valence electrons. The molecule has 0 amide bonds. The van der Waals surface area contributed by atoms with Crippen LogP contribution >= 0.6 is 0 Å². The lowest BCUT2D eigenvalue weighted by molar-refractivity contribution is 1.08. The average Bonchev–Trinajstić information content (AvgIpc) is 3.31. The van der Waals surface area contributed by atoms with Crippen molar-refractivity contribution in [3.63, 3.8) is 0 Å². The number of hydrogen-bond donors (Lipinski definition) is 1. The van der Waals surface area contributed by atoms with Gasteiger partial charge >= 0.3 is 0 Å². The Morgan fingerprint density at radius 2 is 1.57 bits per heavy atom. The van der Waals surface area contributed by atoms with Gasteiger partial charge in [-0.2, -0.15) is 0 Å². The molecule has 0 radical (unpaired) electrons. The summed E-state index contributed by atoms with van der Waals surface area (Å²) in [5.74, 6) is 0. The molecule has 2 unspecified atom stereocenters. The molecule has 1 aliphatic heterocycles. The molecule has 2 atom stereocenters. The summed E-state index contributed by atoms with van der Waals surface area (Å²) < 4.78 is 0. The van der Waals surface area contributed by atoms with Crippen molar-refractivity contribution >= 4 is 10.8 Å². The van der Waals surface area contributed by atoms with E-state index in [4.69, 9.17) is 0 Å². The first-order valence-corrected chi connectivity index (χ1v) is 8.12. The zero-order chi connectivity index (χ0) is 16.2. The number of aryl methyl sites for hydroxylation is 1. The van der Waals surface area contributed by atoms with E-state index in [0.29, 0.717) is 12.1 Å². The molecular formula is C22H23N. The highest BCUT2D eigenvalue weighted by Gasteiger charge is 2.26. The Labute approximate surface area is 138 Å². The lowest BCUT2D eigenvalue weighted by Gasteiger charge is -2.05. The molecule has 1 heterocycles. The largest absolute Gasteiger partial charge is 0.305 e. The number of fused-ring (bicyclic) bond motifs is 1. The minimum Gasteiger partial charge on any atom is -0.305 e. The second-order valence-electron chi connectivity index (χ2n) is 6.15. The molecule has 23 heavy (non-hydrogen) atoms. The lowest BCUT2D eigenvalue weighted by Crippen LogP contribution is -1.80. The standard InChI is InChI=1S/C17H14.C5H9N/c1-13-5-4-8-15(11-13)17-10-9-14-6-2-3-7-16(14)12-17;1-3-5-4(2)6-5/h2-12H,1H3;3-6H,1H2,2H3. The molecule has 3 aromatic rings. The molecule has 1 saturated heterocycles. The fraction of sp³-hybridized carbons (Fsp3) is 0.182. The number of nitrogens with one attached hydrogen (secondary N) is 1. The molecule has 0 bridgehead atoms. The summed E-state index contributed by atoms with van der Waals surface area (Å²) in [6.07, 6.45) is 1.94. The highest BCUT2D eigenvalue weighted by atomic mass is 15.1. The molecule has 1 N–H and O–H groups in total. The molecule has 1 aliphatic rings. The van der Waals surface area contributed by atoms with Crippen LogP contribution in [0.5, 0.6) is 0 Å². The van der Waals surface area contributed by atoms with Gasteiger partial charge in [0.25, 0.3) is 0 Å². The van der Waals surface area contributed by atoms with Gasteiger partial charge in [-0.1, -0.05) is 72.3 Å². The van der Waals surface area contributed by atoms with Crippen LogP contribution in [-0.2, 0) is 0 Å². The summed E-state index contributed by atoms with van der Waals surface area (Å²) in [6, 6.07) is 25.0. The van der Waals surface area contributed by atoms with Gasteiger partial charge in [0, 0.05) is 12.1 Å². The molecule has 1 heteroatoms. The first kappa shape index (κ1) is 15.5. The maximum atomic E-state index is 3.61. The van der Waals surface area contributed by atoms with Crippen molar-refractivity contribution in [2.45, 2.75) is 25.9 Å². The maximum absolute atomic E-state index is 3.61. The Morgan fingerprint density at radius 3 is 2.17 bits per heavy atom. The van der Waals surface area contributed by atoms with Crippen LogP contribution in [0.3, 0.4) is 0 Å². The minimum absolute atomic E-state index is 0.616. The second kappa shape index (κ2) is 6.80. The zero-order valence-electron chi connectivity index (χ0n) is 13.8. The Hall–Kier alpha value is -2.38. The van der Waals surface area contributed by atoms with Gasteiger partial charge in [-0.15, -0.1) is 6.58 Å². The molecule has 3 aromatic carbocycles. The molecular weight excluding hydrogens is 278 g/mol. The van der Waals surface area contributed by atoms with Crippen LogP contribution in [0.2, 0.25) is 0 Å². The van der Waals surface area contributed by atoms with Crippen LogP contribution in [0.25, 0.3) is 21.9 Å². The normalized spacial score (nSPS) is 18.9. The third-order valence-electron chi connectivity index (χ3n) is 4.24. The fourth-order valence-corrected chi connectivity index (χ4v) is 2.71. The zero-order valence-corrected chi connectivity index (χ0v) is 13.8. The number of hydrogen-bond acceptors (Lipinski definition) is 1. The molecule has 1 fully saturated rings. The van der Waals surface area contributed by atoms with Crippen LogP contribution in [-0.4, -0.2) is 12.1 Å². The van der Waals surface area contributed by atoms with Gasteiger partial charge in [0.15, 0.2) is 0 Å². The van der Waals surface area contributed by atoms with E-state index < -0.39 is 0 Å². The first-order valence-electron chi connectivity index (χ1n) is 8.12. The van der Waals surface area contributed by atoms with E-state index in [1.165, 1.54) is 27.5 Å². The molecule has 0 spiro atoms. The second-order valence-corrected chi connectivity index (χ2v) is 6.15. The highest BCUT2D eigenvalue weighted by molar-refractivity contribution is 5.87. The molecule has 4 rings (SSSR count). The molecule has 0 saturated carbocycles. The van der Waals surface area contributed by atoms with Crippen molar-refractivity contribution in [2.75, 3.05) is 0 Å². The van der Waals surface area contributed by atoms with Crippen LogP contribution in [0.4, 0.5) is 0 Å². The smallest absolute Gasteiger partial charge is 0.0402 e. The third-order valence-corrected chi connectivity index (χ3v) is 4.24.